The summed E-state index contributed by atoms with van der Waals surface area (Å²) in [5.74, 6) is 0.0474. The molecule has 0 aliphatic carbocycles. The van der Waals surface area contributed by atoms with E-state index in [2.05, 4.69) is 5.32 Å². The monoisotopic (exact) mass is 268 g/mol. The van der Waals surface area contributed by atoms with E-state index in [1.807, 2.05) is 11.8 Å². The first-order valence-electron chi connectivity index (χ1n) is 7.13. The molecule has 0 bridgehead atoms. The molecule has 2 aliphatic rings. The number of rotatable bonds is 3. The summed E-state index contributed by atoms with van der Waals surface area (Å²) < 4.78 is 0. The highest BCUT2D eigenvalue weighted by molar-refractivity contribution is 5.86. The average Bonchev–Trinajstić information content (AvgIpc) is 2.41. The second-order valence-electron chi connectivity index (χ2n) is 5.50. The lowest BCUT2D eigenvalue weighted by Gasteiger charge is -2.39. The van der Waals surface area contributed by atoms with Crippen LogP contribution < -0.4 is 11.1 Å². The summed E-state index contributed by atoms with van der Waals surface area (Å²) >= 11 is 0. The summed E-state index contributed by atoms with van der Waals surface area (Å²) in [6, 6.07) is 0.113. The van der Waals surface area contributed by atoms with Crippen molar-refractivity contribution in [1.82, 2.24) is 15.1 Å². The van der Waals surface area contributed by atoms with Crippen molar-refractivity contribution in [2.75, 3.05) is 32.7 Å². The number of piperidine rings is 1. The van der Waals surface area contributed by atoms with Gasteiger partial charge in [-0.2, -0.15) is 0 Å². The zero-order valence-electron chi connectivity index (χ0n) is 11.6. The van der Waals surface area contributed by atoms with Gasteiger partial charge in [0.1, 0.15) is 0 Å². The van der Waals surface area contributed by atoms with Crippen LogP contribution in [-0.2, 0) is 9.59 Å². The van der Waals surface area contributed by atoms with E-state index in [4.69, 9.17) is 5.73 Å². The van der Waals surface area contributed by atoms with E-state index in [1.54, 1.807) is 4.90 Å². The van der Waals surface area contributed by atoms with Gasteiger partial charge in [-0.05, 0) is 26.2 Å². The van der Waals surface area contributed by atoms with Gasteiger partial charge in [-0.25, -0.2) is 0 Å². The molecule has 0 aromatic carbocycles. The lowest BCUT2D eigenvalue weighted by Crippen LogP contribution is -2.56. The Morgan fingerprint density at radius 2 is 2.26 bits per heavy atom. The van der Waals surface area contributed by atoms with Crippen molar-refractivity contribution in [3.8, 4) is 0 Å². The third-order valence-corrected chi connectivity index (χ3v) is 3.99. The molecular weight excluding hydrogens is 244 g/mol. The van der Waals surface area contributed by atoms with Gasteiger partial charge >= 0.3 is 0 Å². The molecule has 0 aromatic heterocycles. The smallest absolute Gasteiger partial charge is 0.242 e. The van der Waals surface area contributed by atoms with Crippen LogP contribution in [0.15, 0.2) is 0 Å². The Kier molecular flexibility index (Phi) is 4.76. The van der Waals surface area contributed by atoms with Crippen molar-refractivity contribution in [3.63, 3.8) is 0 Å². The Hall–Kier alpha value is -1.14. The predicted molar refractivity (Wildman–Crippen MR) is 72.5 cm³/mol. The van der Waals surface area contributed by atoms with Crippen molar-refractivity contribution in [2.24, 2.45) is 5.73 Å². The summed E-state index contributed by atoms with van der Waals surface area (Å²) in [4.78, 5) is 27.6. The van der Waals surface area contributed by atoms with Gasteiger partial charge in [0.25, 0.3) is 0 Å². The Morgan fingerprint density at radius 1 is 1.47 bits per heavy atom. The number of amides is 2. The van der Waals surface area contributed by atoms with Crippen molar-refractivity contribution < 1.29 is 9.59 Å². The van der Waals surface area contributed by atoms with E-state index in [1.165, 1.54) is 0 Å². The maximum absolute atomic E-state index is 12.4. The van der Waals surface area contributed by atoms with Crippen LogP contribution in [0.25, 0.3) is 0 Å². The maximum atomic E-state index is 12.4. The van der Waals surface area contributed by atoms with Crippen molar-refractivity contribution >= 4 is 11.8 Å². The molecule has 2 unspecified atom stereocenters. The van der Waals surface area contributed by atoms with Crippen LogP contribution in [-0.4, -0.2) is 66.4 Å². The molecule has 6 nitrogen and oxygen atoms in total. The first-order chi connectivity index (χ1) is 9.09. The molecule has 0 spiro atoms. The van der Waals surface area contributed by atoms with Crippen LogP contribution >= 0.6 is 0 Å². The number of nitrogens with two attached hydrogens (primary N) is 1. The van der Waals surface area contributed by atoms with Gasteiger partial charge in [-0.1, -0.05) is 0 Å². The molecule has 0 saturated carbocycles. The highest BCUT2D eigenvalue weighted by atomic mass is 16.2. The number of hydrogen-bond acceptors (Lipinski definition) is 4. The summed E-state index contributed by atoms with van der Waals surface area (Å²) in [6.07, 6.45) is 3.13. The van der Waals surface area contributed by atoms with E-state index in [0.29, 0.717) is 13.1 Å². The Bertz CT molecular complexity index is 346. The molecule has 6 heteroatoms. The van der Waals surface area contributed by atoms with Gasteiger partial charge in [0.2, 0.25) is 11.8 Å². The molecule has 2 amide bonds. The normalized spacial score (nSPS) is 26.4. The molecule has 2 atom stereocenters. The van der Waals surface area contributed by atoms with Crippen LogP contribution in [0.4, 0.5) is 0 Å². The highest BCUT2D eigenvalue weighted by Crippen LogP contribution is 2.19. The number of carbonyl (C=O) groups excluding carboxylic acids is 2. The maximum Gasteiger partial charge on any atom is 0.242 e. The van der Waals surface area contributed by atoms with Gasteiger partial charge < -0.3 is 20.9 Å². The molecule has 108 valence electrons. The van der Waals surface area contributed by atoms with Gasteiger partial charge in [0.15, 0.2) is 0 Å². The SMILES string of the molecule is CC(N)C1CCCCN1C(=O)CN1CCNCC1=O. The van der Waals surface area contributed by atoms with Crippen LogP contribution in [0.3, 0.4) is 0 Å². The first-order valence-corrected chi connectivity index (χ1v) is 7.13. The van der Waals surface area contributed by atoms with Crippen molar-refractivity contribution in [1.29, 1.82) is 0 Å². The zero-order valence-corrected chi connectivity index (χ0v) is 11.6. The summed E-state index contributed by atoms with van der Waals surface area (Å²) in [7, 11) is 0. The third-order valence-electron chi connectivity index (χ3n) is 3.99. The van der Waals surface area contributed by atoms with Crippen LogP contribution in [0, 0.1) is 0 Å². The molecule has 3 N–H and O–H groups in total. The van der Waals surface area contributed by atoms with Gasteiger partial charge in [0.05, 0.1) is 13.1 Å². The molecule has 2 rings (SSSR count). The van der Waals surface area contributed by atoms with Crippen molar-refractivity contribution in [3.05, 3.63) is 0 Å². The summed E-state index contributed by atoms with van der Waals surface area (Å²) in [5.41, 5.74) is 5.97. The molecular formula is C13H24N4O2. The second-order valence-corrected chi connectivity index (χ2v) is 5.50. The number of carbonyl (C=O) groups is 2. The van der Waals surface area contributed by atoms with Gasteiger partial charge in [0, 0.05) is 31.7 Å². The summed E-state index contributed by atoms with van der Waals surface area (Å²) in [5, 5.41) is 3.01. The topological polar surface area (TPSA) is 78.7 Å². The lowest BCUT2D eigenvalue weighted by atomic mass is 9.97. The van der Waals surface area contributed by atoms with E-state index < -0.39 is 0 Å². The Morgan fingerprint density at radius 3 is 2.95 bits per heavy atom. The lowest BCUT2D eigenvalue weighted by molar-refractivity contribution is -0.143. The average molecular weight is 268 g/mol. The minimum atomic E-state index is -0.0111. The first kappa shape index (κ1) is 14.3. The number of nitrogens with one attached hydrogen (secondary N) is 1. The fraction of sp³-hybridized carbons (Fsp3) is 0.846. The largest absolute Gasteiger partial charge is 0.337 e. The number of nitrogens with zero attached hydrogens (tertiary/aromatic N) is 2. The minimum Gasteiger partial charge on any atom is -0.337 e. The Balaban J connectivity index is 1.95. The fourth-order valence-corrected chi connectivity index (χ4v) is 2.88. The molecule has 0 aromatic rings. The van der Waals surface area contributed by atoms with Gasteiger partial charge in [-0.3, -0.25) is 9.59 Å². The third kappa shape index (κ3) is 3.45. The minimum absolute atomic E-state index is 0.00829. The standard InChI is InChI=1S/C13H24N4O2/c1-10(14)11-4-2-3-6-17(11)13(19)9-16-7-5-15-8-12(16)18/h10-11,15H,2-9,14H2,1H3. The van der Waals surface area contributed by atoms with E-state index in [9.17, 15) is 9.59 Å². The van der Waals surface area contributed by atoms with E-state index >= 15 is 0 Å². The molecule has 2 fully saturated rings. The van der Waals surface area contributed by atoms with Crippen molar-refractivity contribution in [2.45, 2.75) is 38.3 Å². The molecule has 0 radical (unpaired) electrons. The van der Waals surface area contributed by atoms with Crippen LogP contribution in [0.5, 0.6) is 0 Å². The Labute approximate surface area is 114 Å². The van der Waals surface area contributed by atoms with Crippen LogP contribution in [0.2, 0.25) is 0 Å². The van der Waals surface area contributed by atoms with Crippen LogP contribution in [0.1, 0.15) is 26.2 Å². The summed E-state index contributed by atoms with van der Waals surface area (Å²) in [6.45, 7) is 4.63. The van der Waals surface area contributed by atoms with E-state index in [-0.39, 0.29) is 30.4 Å². The second kappa shape index (κ2) is 6.34. The zero-order chi connectivity index (χ0) is 13.8. The highest BCUT2D eigenvalue weighted by Gasteiger charge is 2.31. The molecule has 2 saturated heterocycles. The van der Waals surface area contributed by atoms with Gasteiger partial charge in [-0.15, -0.1) is 0 Å². The quantitative estimate of drug-likeness (QED) is 0.698. The number of piperazine rings is 1. The molecule has 2 heterocycles. The molecule has 19 heavy (non-hydrogen) atoms. The number of hydrogen-bond donors (Lipinski definition) is 2. The molecule has 2 aliphatic heterocycles. The van der Waals surface area contributed by atoms with E-state index in [0.717, 1.165) is 32.4 Å². The predicted octanol–water partition coefficient (Wildman–Crippen LogP) is -0.853. The number of likely N-dealkylation sites (tertiary alicyclic amines) is 1. The fourth-order valence-electron chi connectivity index (χ4n) is 2.88.